The van der Waals surface area contributed by atoms with Gasteiger partial charge in [-0.05, 0) is 30.4 Å². The molecule has 110 valence electrons. The largest absolute Gasteiger partial charge is 0.496 e. The van der Waals surface area contributed by atoms with E-state index in [0.29, 0.717) is 17.9 Å². The van der Waals surface area contributed by atoms with Gasteiger partial charge >= 0.3 is 5.97 Å². The van der Waals surface area contributed by atoms with Crippen LogP contribution in [0.2, 0.25) is 0 Å². The van der Waals surface area contributed by atoms with Gasteiger partial charge in [-0.25, -0.2) is 9.97 Å². The zero-order chi connectivity index (χ0) is 15.2. The molecule has 1 heterocycles. The summed E-state index contributed by atoms with van der Waals surface area (Å²) in [5.74, 6) is -0.954. The van der Waals surface area contributed by atoms with Gasteiger partial charge in [-0.1, -0.05) is 18.2 Å². The number of hydrogen-bond donors (Lipinski definition) is 1. The number of methoxy groups -OCH3 is 1. The third kappa shape index (κ3) is 3.72. The predicted octanol–water partition coefficient (Wildman–Crippen LogP) is 2.62. The van der Waals surface area contributed by atoms with Crippen molar-refractivity contribution in [1.29, 1.82) is 0 Å². The molecule has 1 unspecified atom stereocenters. The number of ether oxygens (including phenoxy) is 1. The van der Waals surface area contributed by atoms with Crippen LogP contribution in [0.25, 0.3) is 0 Å². The van der Waals surface area contributed by atoms with E-state index in [1.54, 1.807) is 13.2 Å². The maximum atomic E-state index is 11.6. The molecule has 1 atom stereocenters. The Hall–Kier alpha value is -2.08. The topological polar surface area (TPSA) is 72.3 Å². The molecule has 0 aliphatic heterocycles. The zero-order valence-corrected chi connectivity index (χ0v) is 12.6. The molecular formula is C15H16N2O3S. The number of carboxylic acid groups (broad SMARTS) is 1. The molecule has 0 aliphatic carbocycles. The minimum absolute atomic E-state index is 0.324. The molecule has 5 nitrogen and oxygen atoms in total. The van der Waals surface area contributed by atoms with Gasteiger partial charge < -0.3 is 9.84 Å². The van der Waals surface area contributed by atoms with E-state index in [4.69, 9.17) is 4.74 Å². The summed E-state index contributed by atoms with van der Waals surface area (Å²) >= 11 is 1.46. The van der Waals surface area contributed by atoms with E-state index in [0.717, 1.165) is 10.6 Å². The molecule has 0 amide bonds. The smallest absolute Gasteiger partial charge is 0.312 e. The van der Waals surface area contributed by atoms with Crippen LogP contribution in [0.5, 0.6) is 5.75 Å². The second-order valence-electron chi connectivity index (χ2n) is 4.39. The molecule has 0 radical (unpaired) electrons. The average molecular weight is 304 g/mol. The number of hydrogen-bond acceptors (Lipinski definition) is 5. The molecule has 2 aromatic rings. The number of carboxylic acids is 1. The van der Waals surface area contributed by atoms with Gasteiger partial charge in [0.1, 0.15) is 18.0 Å². The lowest BCUT2D eigenvalue weighted by molar-refractivity contribution is -0.138. The molecule has 1 N–H and O–H groups in total. The third-order valence-corrected chi connectivity index (χ3v) is 3.79. The van der Waals surface area contributed by atoms with E-state index in [1.807, 2.05) is 30.5 Å². The quantitative estimate of drug-likeness (QED) is 0.653. The van der Waals surface area contributed by atoms with Gasteiger partial charge in [-0.2, -0.15) is 0 Å². The Morgan fingerprint density at radius 2 is 2.14 bits per heavy atom. The third-order valence-electron chi connectivity index (χ3n) is 3.14. The van der Waals surface area contributed by atoms with Gasteiger partial charge in [0.15, 0.2) is 0 Å². The Kier molecular flexibility index (Phi) is 5.16. The minimum atomic E-state index is -0.911. The Bertz CT molecular complexity index is 634. The van der Waals surface area contributed by atoms with Crippen LogP contribution in [-0.2, 0) is 11.2 Å². The number of carbonyl (C=O) groups is 1. The molecule has 1 aromatic carbocycles. The van der Waals surface area contributed by atoms with Crippen molar-refractivity contribution in [2.75, 3.05) is 13.4 Å². The van der Waals surface area contributed by atoms with Gasteiger partial charge in [0, 0.05) is 0 Å². The van der Waals surface area contributed by atoms with Crippen LogP contribution in [0, 0.1) is 0 Å². The summed E-state index contributed by atoms with van der Waals surface area (Å²) < 4.78 is 5.28. The van der Waals surface area contributed by atoms with E-state index in [9.17, 15) is 9.90 Å². The summed E-state index contributed by atoms with van der Waals surface area (Å²) in [7, 11) is 1.57. The van der Waals surface area contributed by atoms with E-state index >= 15 is 0 Å². The first-order valence-electron chi connectivity index (χ1n) is 6.36. The summed E-state index contributed by atoms with van der Waals surface area (Å²) in [6.07, 6.45) is 3.62. The summed E-state index contributed by atoms with van der Waals surface area (Å²) in [5.41, 5.74) is 1.35. The fourth-order valence-electron chi connectivity index (χ4n) is 2.07. The maximum Gasteiger partial charge on any atom is 0.312 e. The lowest BCUT2D eigenvalue weighted by Crippen LogP contribution is -2.16. The van der Waals surface area contributed by atoms with Crippen molar-refractivity contribution >= 4 is 17.7 Å². The molecule has 0 aliphatic rings. The van der Waals surface area contributed by atoms with Gasteiger partial charge in [0.25, 0.3) is 0 Å². The highest BCUT2D eigenvalue weighted by atomic mass is 32.2. The van der Waals surface area contributed by atoms with Gasteiger partial charge in [-0.15, -0.1) is 11.8 Å². The number of aliphatic carboxylic acids is 1. The van der Waals surface area contributed by atoms with Crippen molar-refractivity contribution < 1.29 is 14.6 Å². The molecule has 21 heavy (non-hydrogen) atoms. The minimum Gasteiger partial charge on any atom is -0.496 e. The standard InChI is InChI=1S/C15H16N2O3S/c1-20-13-6-4-3-5-10(13)7-11(15(18)19)12-8-14(21-2)17-9-16-12/h3-6,8-9,11H,7H2,1-2H3,(H,18,19). The molecule has 0 saturated heterocycles. The predicted molar refractivity (Wildman–Crippen MR) is 80.9 cm³/mol. The van der Waals surface area contributed by atoms with Crippen molar-refractivity contribution in [1.82, 2.24) is 9.97 Å². The van der Waals surface area contributed by atoms with Gasteiger partial charge in [0.05, 0.1) is 17.8 Å². The Morgan fingerprint density at radius 1 is 1.38 bits per heavy atom. The van der Waals surface area contributed by atoms with Crippen LogP contribution < -0.4 is 4.74 Å². The first kappa shape index (κ1) is 15.3. The van der Waals surface area contributed by atoms with Crippen LogP contribution in [0.15, 0.2) is 41.7 Å². The van der Waals surface area contributed by atoms with E-state index < -0.39 is 11.9 Å². The zero-order valence-electron chi connectivity index (χ0n) is 11.8. The van der Waals surface area contributed by atoms with Crippen LogP contribution in [0.4, 0.5) is 0 Å². The van der Waals surface area contributed by atoms with Crippen LogP contribution >= 0.6 is 11.8 Å². The first-order chi connectivity index (χ1) is 10.2. The number of para-hydroxylation sites is 1. The maximum absolute atomic E-state index is 11.6. The summed E-state index contributed by atoms with van der Waals surface area (Å²) in [4.78, 5) is 19.8. The van der Waals surface area contributed by atoms with Crippen molar-refractivity contribution in [2.45, 2.75) is 17.4 Å². The highest BCUT2D eigenvalue weighted by Crippen LogP contribution is 2.27. The van der Waals surface area contributed by atoms with Crippen LogP contribution in [0.1, 0.15) is 17.2 Å². The number of aromatic nitrogens is 2. The molecule has 6 heteroatoms. The molecule has 0 spiro atoms. The SMILES string of the molecule is COc1ccccc1CC(C(=O)O)c1cc(SC)ncn1. The molecule has 1 aromatic heterocycles. The number of thioether (sulfide) groups is 1. The first-order valence-corrected chi connectivity index (χ1v) is 7.58. The summed E-state index contributed by atoms with van der Waals surface area (Å²) in [6.45, 7) is 0. The lowest BCUT2D eigenvalue weighted by Gasteiger charge is -2.14. The van der Waals surface area contributed by atoms with Gasteiger partial charge in [0.2, 0.25) is 0 Å². The van der Waals surface area contributed by atoms with Gasteiger partial charge in [-0.3, -0.25) is 4.79 Å². The van der Waals surface area contributed by atoms with Crippen molar-refractivity contribution in [3.63, 3.8) is 0 Å². The second kappa shape index (κ2) is 7.08. The van der Waals surface area contributed by atoms with Crippen molar-refractivity contribution in [3.8, 4) is 5.75 Å². The van der Waals surface area contributed by atoms with Crippen molar-refractivity contribution in [2.24, 2.45) is 0 Å². The number of rotatable bonds is 6. The van der Waals surface area contributed by atoms with Crippen molar-refractivity contribution in [3.05, 3.63) is 47.9 Å². The normalized spacial score (nSPS) is 11.9. The molecule has 0 bridgehead atoms. The van der Waals surface area contributed by atoms with Crippen LogP contribution in [-0.4, -0.2) is 34.4 Å². The summed E-state index contributed by atoms with van der Waals surface area (Å²) in [5, 5.41) is 10.3. The van der Waals surface area contributed by atoms with E-state index in [-0.39, 0.29) is 0 Å². The second-order valence-corrected chi connectivity index (χ2v) is 5.22. The molecular weight excluding hydrogens is 288 g/mol. The Labute approximate surface area is 127 Å². The molecule has 2 rings (SSSR count). The molecule has 0 saturated carbocycles. The monoisotopic (exact) mass is 304 g/mol. The van der Waals surface area contributed by atoms with E-state index in [1.165, 1.54) is 18.1 Å². The average Bonchev–Trinajstić information content (AvgIpc) is 2.52. The highest BCUT2D eigenvalue weighted by Gasteiger charge is 2.23. The number of benzene rings is 1. The molecule has 0 fully saturated rings. The van der Waals surface area contributed by atoms with Crippen LogP contribution in [0.3, 0.4) is 0 Å². The fraction of sp³-hybridized carbons (Fsp3) is 0.267. The fourth-order valence-corrected chi connectivity index (χ4v) is 2.46. The summed E-state index contributed by atoms with van der Waals surface area (Å²) in [6, 6.07) is 9.13. The number of nitrogens with zero attached hydrogens (tertiary/aromatic N) is 2. The lowest BCUT2D eigenvalue weighted by atomic mass is 9.95. The van der Waals surface area contributed by atoms with E-state index in [2.05, 4.69) is 9.97 Å². The Balaban J connectivity index is 2.33. The Morgan fingerprint density at radius 3 is 2.81 bits per heavy atom. The highest BCUT2D eigenvalue weighted by molar-refractivity contribution is 7.98.